The summed E-state index contributed by atoms with van der Waals surface area (Å²) in [6.45, 7) is 2.80. The predicted octanol–water partition coefficient (Wildman–Crippen LogP) is 0.400. The van der Waals surface area contributed by atoms with Crippen molar-refractivity contribution in [1.82, 2.24) is 5.32 Å². The fourth-order valence-corrected chi connectivity index (χ4v) is 1.19. The first-order chi connectivity index (χ1) is 6.81. The van der Waals surface area contributed by atoms with Gasteiger partial charge in [-0.05, 0) is 25.8 Å². The van der Waals surface area contributed by atoms with Crippen molar-refractivity contribution in [3.63, 3.8) is 0 Å². The molecule has 0 bridgehead atoms. The van der Waals surface area contributed by atoms with Crippen LogP contribution in [-0.4, -0.2) is 51.7 Å². The third-order valence-corrected chi connectivity index (χ3v) is 1.94. The highest BCUT2D eigenvalue weighted by molar-refractivity contribution is 4.57. The number of aliphatic hydroxyl groups is 1. The molecule has 0 aliphatic carbocycles. The molecule has 0 heterocycles. The molecule has 0 saturated carbocycles. The first kappa shape index (κ1) is 13.8. The molecule has 86 valence electrons. The zero-order valence-corrected chi connectivity index (χ0v) is 9.29. The van der Waals surface area contributed by atoms with Gasteiger partial charge in [-0.3, -0.25) is 0 Å². The van der Waals surface area contributed by atoms with E-state index in [-0.39, 0.29) is 6.10 Å². The Labute approximate surface area is 86.6 Å². The largest absolute Gasteiger partial charge is 0.389 e. The van der Waals surface area contributed by atoms with Crippen LogP contribution in [0.2, 0.25) is 0 Å². The van der Waals surface area contributed by atoms with Crippen LogP contribution >= 0.6 is 0 Å². The molecule has 1 unspecified atom stereocenters. The Bertz CT molecular complexity index is 112. The standard InChI is InChI=1S/C10H23NO3/c1-13-7-5-3-4-6-11-8-10(12)9-14-2/h10-12H,3-9H2,1-2H3. The van der Waals surface area contributed by atoms with E-state index >= 15 is 0 Å². The Balaban J connectivity index is 2.98. The fourth-order valence-electron chi connectivity index (χ4n) is 1.19. The molecule has 4 nitrogen and oxygen atoms in total. The van der Waals surface area contributed by atoms with Gasteiger partial charge in [0.25, 0.3) is 0 Å². The molecule has 0 aromatic rings. The van der Waals surface area contributed by atoms with Gasteiger partial charge in [0.15, 0.2) is 0 Å². The van der Waals surface area contributed by atoms with Gasteiger partial charge in [-0.25, -0.2) is 0 Å². The molecule has 0 amide bonds. The van der Waals surface area contributed by atoms with Crippen LogP contribution in [0.15, 0.2) is 0 Å². The molecule has 0 aliphatic heterocycles. The van der Waals surface area contributed by atoms with E-state index in [1.54, 1.807) is 14.2 Å². The lowest BCUT2D eigenvalue weighted by Gasteiger charge is -2.10. The topological polar surface area (TPSA) is 50.7 Å². The average molecular weight is 205 g/mol. The SMILES string of the molecule is COCCCCCNCC(O)COC. The van der Waals surface area contributed by atoms with Gasteiger partial charge in [-0.1, -0.05) is 0 Å². The molecule has 4 heteroatoms. The fraction of sp³-hybridized carbons (Fsp3) is 1.00. The maximum atomic E-state index is 9.28. The predicted molar refractivity (Wildman–Crippen MR) is 56.5 cm³/mol. The van der Waals surface area contributed by atoms with Gasteiger partial charge >= 0.3 is 0 Å². The van der Waals surface area contributed by atoms with Crippen molar-refractivity contribution < 1.29 is 14.6 Å². The normalized spacial score (nSPS) is 13.1. The number of hydrogen-bond acceptors (Lipinski definition) is 4. The molecule has 0 aliphatic rings. The lowest BCUT2D eigenvalue weighted by atomic mass is 10.2. The van der Waals surface area contributed by atoms with Crippen molar-refractivity contribution in [1.29, 1.82) is 0 Å². The van der Waals surface area contributed by atoms with E-state index in [0.29, 0.717) is 13.2 Å². The van der Waals surface area contributed by atoms with Gasteiger partial charge < -0.3 is 19.9 Å². The minimum atomic E-state index is -0.390. The van der Waals surface area contributed by atoms with Crippen molar-refractivity contribution >= 4 is 0 Å². The average Bonchev–Trinajstić information content (AvgIpc) is 2.17. The highest BCUT2D eigenvalue weighted by Gasteiger charge is 2.00. The molecule has 14 heavy (non-hydrogen) atoms. The van der Waals surface area contributed by atoms with Crippen LogP contribution in [0.4, 0.5) is 0 Å². The van der Waals surface area contributed by atoms with Crippen molar-refractivity contribution in [2.45, 2.75) is 25.4 Å². The van der Waals surface area contributed by atoms with Crippen LogP contribution in [0, 0.1) is 0 Å². The second-order valence-electron chi connectivity index (χ2n) is 3.37. The number of aliphatic hydroxyl groups excluding tert-OH is 1. The van der Waals surface area contributed by atoms with E-state index in [9.17, 15) is 5.11 Å². The van der Waals surface area contributed by atoms with Crippen LogP contribution in [-0.2, 0) is 9.47 Å². The highest BCUT2D eigenvalue weighted by atomic mass is 16.5. The van der Waals surface area contributed by atoms with E-state index in [0.717, 1.165) is 26.0 Å². The molecule has 1 atom stereocenters. The summed E-state index contributed by atoms with van der Waals surface area (Å²) in [5.74, 6) is 0. The molecule has 0 fully saturated rings. The van der Waals surface area contributed by atoms with E-state index in [4.69, 9.17) is 9.47 Å². The number of hydrogen-bond donors (Lipinski definition) is 2. The lowest BCUT2D eigenvalue weighted by Crippen LogP contribution is -2.30. The molecule has 2 N–H and O–H groups in total. The second-order valence-corrected chi connectivity index (χ2v) is 3.37. The molecule has 0 radical (unpaired) electrons. The van der Waals surface area contributed by atoms with Crippen LogP contribution in [0.25, 0.3) is 0 Å². The van der Waals surface area contributed by atoms with Gasteiger partial charge in [0.2, 0.25) is 0 Å². The summed E-state index contributed by atoms with van der Waals surface area (Å²) in [5, 5.41) is 12.5. The first-order valence-electron chi connectivity index (χ1n) is 5.18. The Morgan fingerprint density at radius 1 is 1.14 bits per heavy atom. The van der Waals surface area contributed by atoms with E-state index < -0.39 is 0 Å². The summed E-state index contributed by atoms with van der Waals surface area (Å²) in [4.78, 5) is 0. The Morgan fingerprint density at radius 2 is 1.93 bits per heavy atom. The van der Waals surface area contributed by atoms with Crippen LogP contribution in [0.3, 0.4) is 0 Å². The van der Waals surface area contributed by atoms with Gasteiger partial charge in [-0.2, -0.15) is 0 Å². The third kappa shape index (κ3) is 9.92. The summed E-state index contributed by atoms with van der Waals surface area (Å²) in [6.07, 6.45) is 3.02. The Morgan fingerprint density at radius 3 is 2.57 bits per heavy atom. The van der Waals surface area contributed by atoms with Crippen LogP contribution < -0.4 is 5.32 Å². The quantitative estimate of drug-likeness (QED) is 0.507. The maximum Gasteiger partial charge on any atom is 0.0897 e. The Kier molecular flexibility index (Phi) is 10.8. The molecule has 0 spiro atoms. The number of ether oxygens (including phenoxy) is 2. The van der Waals surface area contributed by atoms with Gasteiger partial charge in [0, 0.05) is 27.4 Å². The van der Waals surface area contributed by atoms with Gasteiger partial charge in [0.05, 0.1) is 12.7 Å². The number of methoxy groups -OCH3 is 2. The molecular weight excluding hydrogens is 182 g/mol. The highest BCUT2D eigenvalue weighted by Crippen LogP contribution is 1.93. The van der Waals surface area contributed by atoms with E-state index in [1.807, 2.05) is 0 Å². The van der Waals surface area contributed by atoms with E-state index in [2.05, 4.69) is 5.32 Å². The molecule has 0 rings (SSSR count). The number of rotatable bonds is 10. The smallest absolute Gasteiger partial charge is 0.0897 e. The first-order valence-corrected chi connectivity index (χ1v) is 5.18. The number of nitrogens with one attached hydrogen (secondary N) is 1. The van der Waals surface area contributed by atoms with E-state index in [1.165, 1.54) is 6.42 Å². The van der Waals surface area contributed by atoms with Gasteiger partial charge in [0.1, 0.15) is 0 Å². The number of unbranched alkanes of at least 4 members (excludes halogenated alkanes) is 2. The van der Waals surface area contributed by atoms with Crippen molar-refractivity contribution in [2.24, 2.45) is 0 Å². The molecule has 0 aromatic heterocycles. The summed E-state index contributed by atoms with van der Waals surface area (Å²) in [7, 11) is 3.31. The minimum Gasteiger partial charge on any atom is -0.389 e. The van der Waals surface area contributed by atoms with Crippen molar-refractivity contribution in [2.75, 3.05) is 40.5 Å². The zero-order valence-electron chi connectivity index (χ0n) is 9.29. The zero-order chi connectivity index (χ0) is 10.6. The third-order valence-electron chi connectivity index (χ3n) is 1.94. The molecule has 0 saturated heterocycles. The summed E-state index contributed by atoms with van der Waals surface area (Å²) in [6, 6.07) is 0. The second kappa shape index (κ2) is 10.9. The van der Waals surface area contributed by atoms with Crippen LogP contribution in [0.1, 0.15) is 19.3 Å². The molecular formula is C10H23NO3. The monoisotopic (exact) mass is 205 g/mol. The lowest BCUT2D eigenvalue weighted by molar-refractivity contribution is 0.0646. The van der Waals surface area contributed by atoms with Crippen LogP contribution in [0.5, 0.6) is 0 Å². The maximum absolute atomic E-state index is 9.28. The van der Waals surface area contributed by atoms with Gasteiger partial charge in [-0.15, -0.1) is 0 Å². The minimum absolute atomic E-state index is 0.390. The summed E-state index contributed by atoms with van der Waals surface area (Å²) in [5.41, 5.74) is 0. The molecule has 0 aromatic carbocycles. The van der Waals surface area contributed by atoms with Crippen molar-refractivity contribution in [3.8, 4) is 0 Å². The summed E-state index contributed by atoms with van der Waals surface area (Å²) < 4.78 is 9.75. The summed E-state index contributed by atoms with van der Waals surface area (Å²) >= 11 is 0. The Hall–Kier alpha value is -0.160. The van der Waals surface area contributed by atoms with Crippen molar-refractivity contribution in [3.05, 3.63) is 0 Å².